The van der Waals surface area contributed by atoms with E-state index < -0.39 is 0 Å². The number of rotatable bonds is 5. The summed E-state index contributed by atoms with van der Waals surface area (Å²) >= 11 is 0. The van der Waals surface area contributed by atoms with Gasteiger partial charge < -0.3 is 15.4 Å². The van der Waals surface area contributed by atoms with Gasteiger partial charge in [-0.3, -0.25) is 9.59 Å². The van der Waals surface area contributed by atoms with Gasteiger partial charge in [0.1, 0.15) is 12.1 Å². The molecule has 0 bridgehead atoms. The molecule has 2 N–H and O–H groups in total. The van der Waals surface area contributed by atoms with E-state index in [0.29, 0.717) is 12.8 Å². The van der Waals surface area contributed by atoms with Gasteiger partial charge in [-0.05, 0) is 20.0 Å². The molecule has 0 aromatic rings. The average Bonchev–Trinajstić information content (AvgIpc) is 2.29. The molecule has 16 heavy (non-hydrogen) atoms. The lowest BCUT2D eigenvalue weighted by atomic mass is 10.5. The van der Waals surface area contributed by atoms with E-state index in [4.69, 9.17) is 0 Å². The Morgan fingerprint density at radius 1 is 1.31 bits per heavy atom. The Balaban J connectivity index is -0.000000188. The van der Waals surface area contributed by atoms with Gasteiger partial charge in [-0.2, -0.15) is 0 Å². The minimum absolute atomic E-state index is 0.0604. The Labute approximate surface area is 97.3 Å². The number of nitrogens with one attached hydrogen (secondary N) is 2. The minimum atomic E-state index is -0.322. The Bertz CT molecular complexity index is 203. The van der Waals surface area contributed by atoms with Crippen LogP contribution in [0.25, 0.3) is 0 Å². The Morgan fingerprint density at radius 2 is 1.81 bits per heavy atom. The summed E-state index contributed by atoms with van der Waals surface area (Å²) in [7, 11) is 1.75. The maximum Gasteiger partial charge on any atom is 0.243 e. The fraction of sp³-hybridized carbons (Fsp3) is 0.545. The molecule has 0 rings (SSSR count). The standard InChI is InChI=1S/C5H7NO2.C4H9NO.C2H6/c1-2-5(8)6-3-4-7;1-4(6)3-5-2;1-2/h2,4H,1,3H2,(H,6,8);5H,3H2,1-2H3;1-2H3. The number of carbonyl (C=O) groups excluding carboxylic acids is 3. The van der Waals surface area contributed by atoms with E-state index in [-0.39, 0.29) is 18.2 Å². The molecule has 94 valence electrons. The fourth-order valence-corrected chi connectivity index (χ4v) is 0.463. The van der Waals surface area contributed by atoms with Crippen LogP contribution in [0.5, 0.6) is 0 Å². The second kappa shape index (κ2) is 19.1. The summed E-state index contributed by atoms with van der Waals surface area (Å²) < 4.78 is 0. The van der Waals surface area contributed by atoms with Crippen LogP contribution in [-0.2, 0) is 14.4 Å². The molecular formula is C11H22N2O3. The van der Waals surface area contributed by atoms with Crippen molar-refractivity contribution in [1.82, 2.24) is 10.6 Å². The molecule has 1 amide bonds. The van der Waals surface area contributed by atoms with Gasteiger partial charge in [0.15, 0.2) is 0 Å². The first-order valence-electron chi connectivity index (χ1n) is 5.06. The highest BCUT2D eigenvalue weighted by atomic mass is 16.2. The quantitative estimate of drug-likeness (QED) is 0.526. The van der Waals surface area contributed by atoms with Crippen LogP contribution in [0.4, 0.5) is 0 Å². The topological polar surface area (TPSA) is 75.3 Å². The van der Waals surface area contributed by atoms with Crippen LogP contribution in [0.2, 0.25) is 0 Å². The SMILES string of the molecule is C=CC(=O)NCC=O.CC.CNCC(C)=O. The molecular weight excluding hydrogens is 208 g/mol. The van der Waals surface area contributed by atoms with E-state index >= 15 is 0 Å². The number of hydrogen-bond acceptors (Lipinski definition) is 4. The van der Waals surface area contributed by atoms with Gasteiger partial charge in [0.25, 0.3) is 0 Å². The van der Waals surface area contributed by atoms with Crippen molar-refractivity contribution in [2.24, 2.45) is 0 Å². The molecule has 0 atom stereocenters. The second-order valence-electron chi connectivity index (χ2n) is 2.35. The van der Waals surface area contributed by atoms with Gasteiger partial charge >= 0.3 is 0 Å². The lowest BCUT2D eigenvalue weighted by Gasteiger charge is -1.89. The molecule has 0 aliphatic carbocycles. The van der Waals surface area contributed by atoms with Crippen molar-refractivity contribution in [3.8, 4) is 0 Å². The third kappa shape index (κ3) is 29.4. The minimum Gasteiger partial charge on any atom is -0.346 e. The van der Waals surface area contributed by atoms with Crippen LogP contribution in [0.3, 0.4) is 0 Å². The maximum atomic E-state index is 10.2. The molecule has 0 heterocycles. The zero-order chi connectivity index (χ0) is 13.4. The van der Waals surface area contributed by atoms with Crippen LogP contribution in [0.15, 0.2) is 12.7 Å². The van der Waals surface area contributed by atoms with Gasteiger partial charge in [-0.25, -0.2) is 0 Å². The van der Waals surface area contributed by atoms with Crippen molar-refractivity contribution in [3.05, 3.63) is 12.7 Å². The molecule has 5 nitrogen and oxygen atoms in total. The van der Waals surface area contributed by atoms with E-state index in [1.165, 1.54) is 0 Å². The molecule has 0 aliphatic heterocycles. The molecule has 5 heteroatoms. The molecule has 0 saturated heterocycles. The molecule has 0 aliphatic rings. The highest BCUT2D eigenvalue weighted by Crippen LogP contribution is 1.61. The average molecular weight is 230 g/mol. The van der Waals surface area contributed by atoms with E-state index in [2.05, 4.69) is 17.2 Å². The van der Waals surface area contributed by atoms with Gasteiger partial charge in [0.05, 0.1) is 13.1 Å². The maximum absolute atomic E-state index is 10.2. The number of likely N-dealkylation sites (N-methyl/N-ethyl adjacent to an activating group) is 1. The highest BCUT2D eigenvalue weighted by Gasteiger charge is 1.87. The lowest BCUT2D eigenvalue weighted by molar-refractivity contribution is -0.118. The summed E-state index contributed by atoms with van der Waals surface area (Å²) in [4.78, 5) is 29.7. The Hall–Kier alpha value is -1.49. The van der Waals surface area contributed by atoms with Gasteiger partial charge in [0.2, 0.25) is 5.91 Å². The van der Waals surface area contributed by atoms with Gasteiger partial charge in [0, 0.05) is 0 Å². The van der Waals surface area contributed by atoms with E-state index in [1.54, 1.807) is 14.0 Å². The van der Waals surface area contributed by atoms with Gasteiger partial charge in [-0.15, -0.1) is 0 Å². The molecule has 0 radical (unpaired) electrons. The largest absolute Gasteiger partial charge is 0.346 e. The normalized spacial score (nSPS) is 7.25. The third-order valence-electron chi connectivity index (χ3n) is 0.971. The Morgan fingerprint density at radius 3 is 2.00 bits per heavy atom. The predicted octanol–water partition coefficient (Wildman–Crippen LogP) is 0.308. The summed E-state index contributed by atoms with van der Waals surface area (Å²) in [6, 6.07) is 0. The number of Topliss-reactive ketones (excluding diaryl/α,β-unsaturated/α-hetero) is 1. The summed E-state index contributed by atoms with van der Waals surface area (Å²) in [5, 5.41) is 4.97. The van der Waals surface area contributed by atoms with E-state index in [0.717, 1.165) is 6.08 Å². The van der Waals surface area contributed by atoms with Crippen molar-refractivity contribution < 1.29 is 14.4 Å². The van der Waals surface area contributed by atoms with Gasteiger partial charge in [-0.1, -0.05) is 20.4 Å². The molecule has 0 spiro atoms. The van der Waals surface area contributed by atoms with Crippen molar-refractivity contribution in [2.75, 3.05) is 20.1 Å². The first kappa shape index (κ1) is 20.0. The predicted molar refractivity (Wildman–Crippen MR) is 65.2 cm³/mol. The molecule has 0 aromatic carbocycles. The summed E-state index contributed by atoms with van der Waals surface area (Å²) in [5.41, 5.74) is 0. The smallest absolute Gasteiger partial charge is 0.243 e. The van der Waals surface area contributed by atoms with Crippen LogP contribution >= 0.6 is 0 Å². The molecule has 0 fully saturated rings. The molecule has 0 unspecified atom stereocenters. The summed E-state index contributed by atoms with van der Waals surface area (Å²) in [6.07, 6.45) is 1.73. The van der Waals surface area contributed by atoms with Crippen LogP contribution in [0, 0.1) is 0 Å². The third-order valence-corrected chi connectivity index (χ3v) is 0.971. The first-order valence-corrected chi connectivity index (χ1v) is 5.06. The fourth-order valence-electron chi connectivity index (χ4n) is 0.463. The first-order chi connectivity index (χ1) is 7.58. The lowest BCUT2D eigenvalue weighted by Crippen LogP contribution is -2.22. The number of aldehydes is 1. The zero-order valence-corrected chi connectivity index (χ0v) is 10.5. The van der Waals surface area contributed by atoms with Crippen molar-refractivity contribution >= 4 is 18.0 Å². The van der Waals surface area contributed by atoms with Crippen LogP contribution < -0.4 is 10.6 Å². The Kier molecular flexibility index (Phi) is 23.9. The summed E-state index contributed by atoms with van der Waals surface area (Å²) in [5.74, 6) is -0.144. The van der Waals surface area contributed by atoms with Crippen LogP contribution in [-0.4, -0.2) is 38.1 Å². The number of ketones is 1. The number of amides is 1. The zero-order valence-electron chi connectivity index (χ0n) is 10.5. The van der Waals surface area contributed by atoms with Crippen molar-refractivity contribution in [3.63, 3.8) is 0 Å². The highest BCUT2D eigenvalue weighted by molar-refractivity contribution is 5.88. The molecule has 0 saturated carbocycles. The van der Waals surface area contributed by atoms with E-state index in [9.17, 15) is 14.4 Å². The van der Waals surface area contributed by atoms with Crippen molar-refractivity contribution in [1.29, 1.82) is 0 Å². The summed E-state index contributed by atoms with van der Waals surface area (Å²) in [6.45, 7) is 9.28. The number of hydrogen-bond donors (Lipinski definition) is 2. The monoisotopic (exact) mass is 230 g/mol. The second-order valence-corrected chi connectivity index (χ2v) is 2.35. The molecule has 0 aromatic heterocycles. The van der Waals surface area contributed by atoms with Crippen molar-refractivity contribution in [2.45, 2.75) is 20.8 Å². The number of carbonyl (C=O) groups is 3. The van der Waals surface area contributed by atoms with Crippen LogP contribution in [0.1, 0.15) is 20.8 Å². The van der Waals surface area contributed by atoms with E-state index in [1.807, 2.05) is 13.8 Å².